The monoisotopic (exact) mass is 414 g/mol. The van der Waals surface area contributed by atoms with E-state index < -0.39 is 10.0 Å². The molecule has 0 saturated heterocycles. The first-order chi connectivity index (χ1) is 13.5. The Balaban J connectivity index is 1.40. The quantitative estimate of drug-likeness (QED) is 0.451. The van der Waals surface area contributed by atoms with E-state index in [1.807, 2.05) is 29.8 Å². The van der Waals surface area contributed by atoms with Crippen molar-refractivity contribution in [2.75, 3.05) is 18.4 Å². The largest absolute Gasteiger partial charge is 0.367 e. The second-order valence-electron chi connectivity index (χ2n) is 6.16. The van der Waals surface area contributed by atoms with E-state index in [0.717, 1.165) is 11.1 Å². The van der Waals surface area contributed by atoms with E-state index in [0.29, 0.717) is 23.8 Å². The molecule has 0 aliphatic carbocycles. The van der Waals surface area contributed by atoms with Gasteiger partial charge in [0.05, 0.1) is 4.90 Å². The van der Waals surface area contributed by atoms with Gasteiger partial charge in [0.25, 0.3) is 0 Å². The highest BCUT2D eigenvalue weighted by Crippen LogP contribution is 2.20. The summed E-state index contributed by atoms with van der Waals surface area (Å²) in [6, 6.07) is 12.3. The van der Waals surface area contributed by atoms with E-state index >= 15 is 0 Å². The molecular formula is C18H18N6O2S2. The van der Waals surface area contributed by atoms with Crippen LogP contribution in [0.5, 0.6) is 0 Å². The van der Waals surface area contributed by atoms with Gasteiger partial charge in [0.1, 0.15) is 5.82 Å². The van der Waals surface area contributed by atoms with Crippen molar-refractivity contribution < 1.29 is 8.42 Å². The van der Waals surface area contributed by atoms with Gasteiger partial charge in [-0.25, -0.2) is 13.1 Å². The molecule has 1 aromatic carbocycles. The van der Waals surface area contributed by atoms with Gasteiger partial charge in [-0.3, -0.25) is 0 Å². The lowest BCUT2D eigenvalue weighted by atomic mass is 10.2. The molecule has 0 fully saturated rings. The fourth-order valence-corrected chi connectivity index (χ4v) is 4.30. The van der Waals surface area contributed by atoms with Crippen LogP contribution in [0.4, 0.5) is 5.82 Å². The number of nitrogens with one attached hydrogen (secondary N) is 2. The number of hydrogen-bond acceptors (Lipinski definition) is 7. The number of sulfonamides is 1. The number of aromatic nitrogens is 4. The Morgan fingerprint density at radius 3 is 2.61 bits per heavy atom. The predicted molar refractivity (Wildman–Crippen MR) is 109 cm³/mol. The first-order valence-electron chi connectivity index (χ1n) is 8.58. The Bertz CT molecular complexity index is 1180. The number of nitrogens with zero attached hydrogens (tertiary/aromatic N) is 4. The molecular weight excluding hydrogens is 396 g/mol. The third-order valence-electron chi connectivity index (χ3n) is 4.10. The van der Waals surface area contributed by atoms with Crippen LogP contribution in [-0.2, 0) is 10.0 Å². The summed E-state index contributed by atoms with van der Waals surface area (Å²) in [5.41, 5.74) is 2.61. The van der Waals surface area contributed by atoms with Gasteiger partial charge < -0.3 is 5.32 Å². The van der Waals surface area contributed by atoms with E-state index in [4.69, 9.17) is 0 Å². The Kier molecular flexibility index (Phi) is 5.07. The number of fused-ring (bicyclic) bond motifs is 1. The maximum atomic E-state index is 12.3. The van der Waals surface area contributed by atoms with Crippen LogP contribution in [0.2, 0.25) is 0 Å². The summed E-state index contributed by atoms with van der Waals surface area (Å²) in [4.78, 5) is 0.252. The molecule has 4 rings (SSSR count). The molecule has 0 radical (unpaired) electrons. The third kappa shape index (κ3) is 3.88. The summed E-state index contributed by atoms with van der Waals surface area (Å²) < 4.78 is 28.8. The SMILES string of the molecule is Cc1ccc(S(=O)(=O)NCCNc2ccc3nnc(-c4ccsc4)n3n2)cc1. The Morgan fingerprint density at radius 1 is 1.04 bits per heavy atom. The van der Waals surface area contributed by atoms with Gasteiger partial charge >= 0.3 is 0 Å². The Hall–Kier alpha value is -2.82. The lowest BCUT2D eigenvalue weighted by molar-refractivity contribution is 0.583. The van der Waals surface area contributed by atoms with Gasteiger partial charge in [-0.15, -0.1) is 15.3 Å². The number of benzene rings is 1. The van der Waals surface area contributed by atoms with E-state index in [1.54, 1.807) is 46.2 Å². The molecule has 0 aliphatic heterocycles. The van der Waals surface area contributed by atoms with Crippen molar-refractivity contribution in [3.8, 4) is 11.4 Å². The Labute approximate surface area is 166 Å². The number of rotatable bonds is 7. The highest BCUT2D eigenvalue weighted by atomic mass is 32.2. The number of thiophene rings is 1. The average Bonchev–Trinajstić information content (AvgIpc) is 3.34. The third-order valence-corrected chi connectivity index (χ3v) is 6.26. The van der Waals surface area contributed by atoms with Crippen molar-refractivity contribution in [3.05, 3.63) is 58.8 Å². The van der Waals surface area contributed by atoms with Crippen LogP contribution in [0.15, 0.2) is 58.1 Å². The zero-order chi connectivity index (χ0) is 19.6. The van der Waals surface area contributed by atoms with E-state index in [-0.39, 0.29) is 11.4 Å². The second-order valence-corrected chi connectivity index (χ2v) is 8.71. The van der Waals surface area contributed by atoms with Crippen molar-refractivity contribution in [3.63, 3.8) is 0 Å². The standard InChI is InChI=1S/C18H18N6O2S2/c1-13-2-4-15(5-3-13)28(25,26)20-10-9-19-16-6-7-17-21-22-18(24(17)23-16)14-8-11-27-12-14/h2-8,11-12,20H,9-10H2,1H3,(H,19,23). The summed E-state index contributed by atoms with van der Waals surface area (Å²) in [5, 5.41) is 19.9. The zero-order valence-electron chi connectivity index (χ0n) is 15.0. The summed E-state index contributed by atoms with van der Waals surface area (Å²) in [7, 11) is -3.53. The minimum atomic E-state index is -3.53. The van der Waals surface area contributed by atoms with Crippen LogP contribution in [0.1, 0.15) is 5.56 Å². The van der Waals surface area contributed by atoms with Gasteiger partial charge in [-0.1, -0.05) is 17.7 Å². The van der Waals surface area contributed by atoms with Crippen LogP contribution in [0.25, 0.3) is 17.0 Å². The number of aryl methyl sites for hydroxylation is 1. The normalized spacial score (nSPS) is 11.8. The summed E-state index contributed by atoms with van der Waals surface area (Å²) in [6.07, 6.45) is 0. The van der Waals surface area contributed by atoms with E-state index in [2.05, 4.69) is 25.3 Å². The molecule has 144 valence electrons. The molecule has 0 bridgehead atoms. The number of hydrogen-bond donors (Lipinski definition) is 2. The lowest BCUT2D eigenvalue weighted by Crippen LogP contribution is -2.29. The second kappa shape index (κ2) is 7.66. The highest BCUT2D eigenvalue weighted by Gasteiger charge is 2.13. The molecule has 4 aromatic rings. The molecule has 0 saturated carbocycles. The van der Waals surface area contributed by atoms with Crippen molar-refractivity contribution in [1.29, 1.82) is 0 Å². The molecule has 2 N–H and O–H groups in total. The minimum Gasteiger partial charge on any atom is -0.367 e. The predicted octanol–water partition coefficient (Wildman–Crippen LogP) is 2.55. The van der Waals surface area contributed by atoms with Crippen LogP contribution < -0.4 is 10.0 Å². The van der Waals surface area contributed by atoms with Crippen molar-refractivity contribution in [1.82, 2.24) is 24.5 Å². The first-order valence-corrected chi connectivity index (χ1v) is 11.0. The van der Waals surface area contributed by atoms with Crippen molar-refractivity contribution in [2.45, 2.75) is 11.8 Å². The molecule has 0 amide bonds. The van der Waals surface area contributed by atoms with Crippen LogP contribution in [-0.4, -0.2) is 41.3 Å². The maximum absolute atomic E-state index is 12.3. The number of anilines is 1. The molecule has 28 heavy (non-hydrogen) atoms. The molecule has 3 heterocycles. The molecule has 3 aromatic heterocycles. The van der Waals surface area contributed by atoms with Crippen LogP contribution >= 0.6 is 11.3 Å². The Morgan fingerprint density at radius 2 is 1.86 bits per heavy atom. The average molecular weight is 415 g/mol. The fourth-order valence-electron chi connectivity index (χ4n) is 2.63. The molecule has 8 nitrogen and oxygen atoms in total. The molecule has 0 spiro atoms. The minimum absolute atomic E-state index is 0.232. The van der Waals surface area contributed by atoms with Crippen LogP contribution in [0, 0.1) is 6.92 Å². The first kappa shape index (κ1) is 18.5. The van der Waals surface area contributed by atoms with Crippen LogP contribution in [0.3, 0.4) is 0 Å². The van der Waals surface area contributed by atoms with E-state index in [1.165, 1.54) is 0 Å². The molecule has 0 atom stereocenters. The highest BCUT2D eigenvalue weighted by molar-refractivity contribution is 7.89. The topological polar surface area (TPSA) is 101 Å². The molecule has 0 unspecified atom stereocenters. The lowest BCUT2D eigenvalue weighted by Gasteiger charge is -2.09. The van der Waals surface area contributed by atoms with Gasteiger partial charge in [-0.2, -0.15) is 15.9 Å². The van der Waals surface area contributed by atoms with Gasteiger partial charge in [0.15, 0.2) is 11.5 Å². The molecule has 10 heteroatoms. The zero-order valence-corrected chi connectivity index (χ0v) is 16.7. The molecule has 0 aliphatic rings. The van der Waals surface area contributed by atoms with Gasteiger partial charge in [0.2, 0.25) is 10.0 Å². The van der Waals surface area contributed by atoms with E-state index in [9.17, 15) is 8.42 Å². The fraction of sp³-hybridized carbons (Fsp3) is 0.167. The van der Waals surface area contributed by atoms with Gasteiger partial charge in [0, 0.05) is 24.0 Å². The summed E-state index contributed by atoms with van der Waals surface area (Å²) in [5.74, 6) is 1.28. The smallest absolute Gasteiger partial charge is 0.240 e. The van der Waals surface area contributed by atoms with Gasteiger partial charge in [-0.05, 0) is 42.6 Å². The van der Waals surface area contributed by atoms with Crippen molar-refractivity contribution in [2.24, 2.45) is 0 Å². The van der Waals surface area contributed by atoms with Crippen molar-refractivity contribution >= 4 is 32.8 Å². The summed E-state index contributed by atoms with van der Waals surface area (Å²) >= 11 is 1.58. The maximum Gasteiger partial charge on any atom is 0.240 e. The summed E-state index contributed by atoms with van der Waals surface area (Å²) in [6.45, 7) is 2.53.